The minimum absolute atomic E-state index is 0.138. The minimum Gasteiger partial charge on any atom is -0.468 e. The number of carbonyl (C=O) groups excluding carboxylic acids is 2. The summed E-state index contributed by atoms with van der Waals surface area (Å²) in [5.41, 5.74) is 1.30. The molecule has 0 saturated heterocycles. The van der Waals surface area contributed by atoms with Crippen LogP contribution in [-0.4, -0.2) is 37.7 Å². The molecule has 0 saturated carbocycles. The van der Waals surface area contributed by atoms with Gasteiger partial charge in [0.1, 0.15) is 12.3 Å². The molecular weight excluding hydrogens is 480 g/mol. The molecule has 0 fully saturated rings. The summed E-state index contributed by atoms with van der Waals surface area (Å²) in [5, 5.41) is 0. The lowest BCUT2D eigenvalue weighted by atomic mass is 10.2. The van der Waals surface area contributed by atoms with Crippen LogP contribution in [0.3, 0.4) is 0 Å². The number of aromatic nitrogens is 1. The molecule has 0 aliphatic carbocycles. The van der Waals surface area contributed by atoms with Gasteiger partial charge in [0.15, 0.2) is 14.6 Å². The number of thiazole rings is 1. The maximum absolute atomic E-state index is 12.4. The van der Waals surface area contributed by atoms with Gasteiger partial charge in [0.25, 0.3) is 5.91 Å². The van der Waals surface area contributed by atoms with Gasteiger partial charge in [-0.05, 0) is 23.8 Å². The zero-order valence-corrected chi connectivity index (χ0v) is 18.6. The molecule has 10 heteroatoms. The average molecular weight is 497 g/mol. The molecule has 0 aliphatic rings. The van der Waals surface area contributed by atoms with E-state index in [1.165, 1.54) is 18.4 Å². The Morgan fingerprint density at radius 3 is 2.59 bits per heavy atom. The Morgan fingerprint density at radius 1 is 1.17 bits per heavy atom. The lowest BCUT2D eigenvalue weighted by Crippen LogP contribution is -2.24. The number of carbonyl (C=O) groups is 2. The fourth-order valence-electron chi connectivity index (χ4n) is 2.69. The van der Waals surface area contributed by atoms with E-state index >= 15 is 0 Å². The Kier molecular flexibility index (Phi) is 6.66. The van der Waals surface area contributed by atoms with Gasteiger partial charge in [-0.1, -0.05) is 57.6 Å². The molecule has 0 atom stereocenters. The quantitative estimate of drug-likeness (QED) is 0.488. The Hall–Kier alpha value is -2.30. The molecule has 0 spiro atoms. The van der Waals surface area contributed by atoms with Gasteiger partial charge in [0.2, 0.25) is 0 Å². The van der Waals surface area contributed by atoms with Gasteiger partial charge in [0.05, 0.1) is 23.1 Å². The maximum atomic E-state index is 12.4. The monoisotopic (exact) mass is 496 g/mol. The van der Waals surface area contributed by atoms with Crippen LogP contribution >= 0.6 is 27.3 Å². The van der Waals surface area contributed by atoms with E-state index in [-0.39, 0.29) is 17.1 Å². The molecule has 3 rings (SSSR count). The summed E-state index contributed by atoms with van der Waals surface area (Å²) in [5.74, 6) is -2.24. The molecule has 2 aromatic carbocycles. The van der Waals surface area contributed by atoms with Crippen molar-refractivity contribution in [2.24, 2.45) is 4.99 Å². The molecule has 0 bridgehead atoms. The number of rotatable bonds is 6. The van der Waals surface area contributed by atoms with Crippen molar-refractivity contribution in [3.8, 4) is 0 Å². The number of benzene rings is 2. The standard InChI is InChI=1S/C19H17BrN2O5S2/c1-27-18(24)10-22-15-8-7-14(20)9-16(15)28-19(22)21-17(23)12-29(25,26)11-13-5-3-2-4-6-13/h2-9H,10-12H2,1H3. The summed E-state index contributed by atoms with van der Waals surface area (Å²) in [6.07, 6.45) is 0. The lowest BCUT2D eigenvalue weighted by molar-refractivity contribution is -0.141. The molecule has 1 heterocycles. The van der Waals surface area contributed by atoms with Crippen molar-refractivity contribution in [3.63, 3.8) is 0 Å². The summed E-state index contributed by atoms with van der Waals surface area (Å²) in [4.78, 5) is 28.4. The number of hydrogen-bond donors (Lipinski definition) is 0. The third kappa shape index (κ3) is 5.62. The molecule has 0 unspecified atom stereocenters. The van der Waals surface area contributed by atoms with E-state index < -0.39 is 27.5 Å². The largest absolute Gasteiger partial charge is 0.468 e. The van der Waals surface area contributed by atoms with E-state index in [0.717, 1.165) is 9.17 Å². The Balaban J connectivity index is 1.93. The van der Waals surface area contributed by atoms with Crippen LogP contribution in [0.4, 0.5) is 0 Å². The number of nitrogens with zero attached hydrogens (tertiary/aromatic N) is 2. The van der Waals surface area contributed by atoms with Crippen LogP contribution in [0, 0.1) is 0 Å². The van der Waals surface area contributed by atoms with Crippen molar-refractivity contribution >= 4 is 59.2 Å². The van der Waals surface area contributed by atoms with Crippen molar-refractivity contribution in [2.45, 2.75) is 12.3 Å². The molecule has 7 nitrogen and oxygen atoms in total. The predicted molar refractivity (Wildman–Crippen MR) is 114 cm³/mol. The number of amides is 1. The van der Waals surface area contributed by atoms with Crippen LogP contribution in [0.15, 0.2) is 58.0 Å². The fourth-order valence-corrected chi connectivity index (χ4v) is 5.53. The van der Waals surface area contributed by atoms with Gasteiger partial charge in [0, 0.05) is 4.47 Å². The number of halogens is 1. The van der Waals surface area contributed by atoms with Crippen molar-refractivity contribution in [1.29, 1.82) is 0 Å². The molecule has 1 amide bonds. The zero-order chi connectivity index (χ0) is 21.0. The second-order valence-corrected chi connectivity index (χ2v) is 10.2. The molecular formula is C19H17BrN2O5S2. The summed E-state index contributed by atoms with van der Waals surface area (Å²) in [6, 6.07) is 14.1. The maximum Gasteiger partial charge on any atom is 0.325 e. The molecule has 0 N–H and O–H groups in total. The second-order valence-electron chi connectivity index (χ2n) is 6.18. The molecule has 1 aromatic heterocycles. The first-order chi connectivity index (χ1) is 13.8. The number of fused-ring (bicyclic) bond motifs is 1. The van der Waals surface area contributed by atoms with Gasteiger partial charge in [-0.15, -0.1) is 0 Å². The van der Waals surface area contributed by atoms with E-state index in [0.29, 0.717) is 11.1 Å². The van der Waals surface area contributed by atoms with Gasteiger partial charge >= 0.3 is 5.97 Å². The normalized spacial score (nSPS) is 12.3. The lowest BCUT2D eigenvalue weighted by Gasteiger charge is -2.04. The van der Waals surface area contributed by atoms with Crippen molar-refractivity contribution in [1.82, 2.24) is 4.57 Å². The first-order valence-corrected chi connectivity index (χ1v) is 11.9. The number of ether oxygens (including phenoxy) is 1. The number of methoxy groups -OCH3 is 1. The third-order valence-electron chi connectivity index (χ3n) is 3.95. The highest BCUT2D eigenvalue weighted by atomic mass is 79.9. The van der Waals surface area contributed by atoms with Crippen molar-refractivity contribution in [3.05, 3.63) is 63.4 Å². The predicted octanol–water partition coefficient (Wildman–Crippen LogP) is 2.68. The molecule has 3 aromatic rings. The summed E-state index contributed by atoms with van der Waals surface area (Å²) >= 11 is 4.57. The van der Waals surface area contributed by atoms with Crippen LogP contribution < -0.4 is 4.80 Å². The number of hydrogen-bond acceptors (Lipinski definition) is 6. The summed E-state index contributed by atoms with van der Waals surface area (Å²) in [7, 11) is -2.41. The van der Waals surface area contributed by atoms with Crippen LogP contribution in [0.1, 0.15) is 5.56 Å². The Morgan fingerprint density at radius 2 is 1.90 bits per heavy atom. The molecule has 0 aliphatic heterocycles. The highest BCUT2D eigenvalue weighted by Crippen LogP contribution is 2.22. The van der Waals surface area contributed by atoms with Crippen LogP contribution in [0.5, 0.6) is 0 Å². The molecule has 0 radical (unpaired) electrons. The highest BCUT2D eigenvalue weighted by molar-refractivity contribution is 9.10. The SMILES string of the molecule is COC(=O)Cn1c(=NC(=O)CS(=O)(=O)Cc2ccccc2)sc2cc(Br)ccc21. The van der Waals surface area contributed by atoms with Crippen molar-refractivity contribution < 1.29 is 22.7 Å². The number of sulfone groups is 1. The highest BCUT2D eigenvalue weighted by Gasteiger charge is 2.18. The first kappa shape index (κ1) is 21.4. The Bertz CT molecular complexity index is 1230. The topological polar surface area (TPSA) is 94.8 Å². The summed E-state index contributed by atoms with van der Waals surface area (Å²) in [6.45, 7) is -0.138. The Labute approximate surface area is 179 Å². The average Bonchev–Trinajstić information content (AvgIpc) is 2.97. The van der Waals surface area contributed by atoms with Crippen molar-refractivity contribution in [2.75, 3.05) is 12.9 Å². The second kappa shape index (κ2) is 9.02. The van der Waals surface area contributed by atoms with E-state index in [1.807, 2.05) is 6.07 Å². The van der Waals surface area contributed by atoms with Gasteiger partial charge in [-0.3, -0.25) is 9.59 Å². The van der Waals surface area contributed by atoms with E-state index in [4.69, 9.17) is 4.74 Å². The number of esters is 1. The van der Waals surface area contributed by atoms with Gasteiger partial charge in [-0.2, -0.15) is 4.99 Å². The zero-order valence-electron chi connectivity index (χ0n) is 15.4. The fraction of sp³-hybridized carbons (Fsp3) is 0.211. The van der Waals surface area contributed by atoms with Crippen LogP contribution in [0.25, 0.3) is 10.2 Å². The van der Waals surface area contributed by atoms with Crippen LogP contribution in [-0.2, 0) is 36.5 Å². The minimum atomic E-state index is -3.68. The molecule has 29 heavy (non-hydrogen) atoms. The smallest absolute Gasteiger partial charge is 0.325 e. The third-order valence-corrected chi connectivity index (χ3v) is 6.95. The van der Waals surface area contributed by atoms with E-state index in [9.17, 15) is 18.0 Å². The van der Waals surface area contributed by atoms with Gasteiger partial charge in [-0.25, -0.2) is 8.42 Å². The first-order valence-electron chi connectivity index (χ1n) is 8.45. The molecule has 152 valence electrons. The van der Waals surface area contributed by atoms with Gasteiger partial charge < -0.3 is 9.30 Å². The summed E-state index contributed by atoms with van der Waals surface area (Å²) < 4.78 is 32.6. The van der Waals surface area contributed by atoms with Crippen LogP contribution in [0.2, 0.25) is 0 Å². The van der Waals surface area contributed by atoms with E-state index in [2.05, 4.69) is 20.9 Å². The van der Waals surface area contributed by atoms with E-state index in [1.54, 1.807) is 47.0 Å².